The van der Waals surface area contributed by atoms with Crippen LogP contribution in [0.5, 0.6) is 5.75 Å². The Balaban J connectivity index is 1.70. The van der Waals surface area contributed by atoms with Crippen molar-refractivity contribution in [2.45, 2.75) is 19.4 Å². The number of sulfone groups is 1. The second-order valence-electron chi connectivity index (χ2n) is 7.91. The van der Waals surface area contributed by atoms with Crippen molar-refractivity contribution >= 4 is 32.6 Å². The van der Waals surface area contributed by atoms with E-state index in [9.17, 15) is 13.2 Å². The van der Waals surface area contributed by atoms with E-state index in [0.29, 0.717) is 40.2 Å². The quantitative estimate of drug-likeness (QED) is 0.474. The van der Waals surface area contributed by atoms with Crippen molar-refractivity contribution in [3.05, 3.63) is 53.9 Å². The predicted molar refractivity (Wildman–Crippen MR) is 121 cm³/mol. The van der Waals surface area contributed by atoms with Gasteiger partial charge >= 0.3 is 0 Å². The SMILES string of the molecule is COc1cccc(-c2cc(C(=O)Nc3ccon3)c3c(C)nn(C4CCS(=O)(=O)C4)c3n2)c1. The second kappa shape index (κ2) is 8.00. The van der Waals surface area contributed by atoms with Crippen LogP contribution in [0.4, 0.5) is 5.82 Å². The average Bonchev–Trinajstić information content (AvgIpc) is 3.52. The van der Waals surface area contributed by atoms with Crippen LogP contribution in [-0.4, -0.2) is 52.9 Å². The van der Waals surface area contributed by atoms with Crippen LogP contribution in [0.25, 0.3) is 22.3 Å². The number of carbonyl (C=O) groups is 1. The van der Waals surface area contributed by atoms with Gasteiger partial charge < -0.3 is 14.6 Å². The molecule has 1 amide bonds. The van der Waals surface area contributed by atoms with Crippen molar-refractivity contribution in [3.8, 4) is 17.0 Å². The van der Waals surface area contributed by atoms with Gasteiger partial charge in [-0.15, -0.1) is 0 Å². The Morgan fingerprint density at radius 2 is 2.12 bits per heavy atom. The molecule has 1 atom stereocenters. The van der Waals surface area contributed by atoms with Gasteiger partial charge in [-0.1, -0.05) is 17.3 Å². The van der Waals surface area contributed by atoms with Crippen molar-refractivity contribution in [1.82, 2.24) is 19.9 Å². The summed E-state index contributed by atoms with van der Waals surface area (Å²) in [6.45, 7) is 1.78. The van der Waals surface area contributed by atoms with E-state index in [2.05, 4.69) is 15.6 Å². The first-order chi connectivity index (χ1) is 15.8. The Bertz CT molecular complexity index is 1460. The molecule has 3 aromatic heterocycles. The molecular weight excluding hydrogens is 446 g/mol. The van der Waals surface area contributed by atoms with E-state index in [1.807, 2.05) is 24.3 Å². The van der Waals surface area contributed by atoms with Gasteiger partial charge in [-0.2, -0.15) is 5.10 Å². The van der Waals surface area contributed by atoms with Crippen LogP contribution in [0.2, 0.25) is 0 Å². The summed E-state index contributed by atoms with van der Waals surface area (Å²) in [7, 11) is -1.56. The summed E-state index contributed by atoms with van der Waals surface area (Å²) in [5.41, 5.74) is 2.68. The van der Waals surface area contributed by atoms with E-state index in [1.54, 1.807) is 30.8 Å². The number of aromatic nitrogens is 4. The minimum atomic E-state index is -3.14. The van der Waals surface area contributed by atoms with Crippen LogP contribution in [0.1, 0.15) is 28.5 Å². The van der Waals surface area contributed by atoms with Crippen molar-refractivity contribution in [1.29, 1.82) is 0 Å². The Morgan fingerprint density at radius 1 is 1.27 bits per heavy atom. The molecule has 0 bridgehead atoms. The highest BCUT2D eigenvalue weighted by Crippen LogP contribution is 2.33. The number of benzene rings is 1. The summed E-state index contributed by atoms with van der Waals surface area (Å²) in [6.07, 6.45) is 1.81. The first-order valence-electron chi connectivity index (χ1n) is 10.3. The number of nitrogens with one attached hydrogen (secondary N) is 1. The zero-order chi connectivity index (χ0) is 23.2. The highest BCUT2D eigenvalue weighted by Gasteiger charge is 2.32. The largest absolute Gasteiger partial charge is 0.497 e. The Kier molecular flexibility index (Phi) is 5.12. The third-order valence-corrected chi connectivity index (χ3v) is 7.43. The lowest BCUT2D eigenvalue weighted by atomic mass is 10.0. The number of methoxy groups -OCH3 is 1. The number of hydrogen-bond acceptors (Lipinski definition) is 8. The van der Waals surface area contributed by atoms with Crippen molar-refractivity contribution in [2.75, 3.05) is 23.9 Å². The number of ether oxygens (including phenoxy) is 1. The molecule has 1 aliphatic rings. The van der Waals surface area contributed by atoms with E-state index in [4.69, 9.17) is 14.2 Å². The predicted octanol–water partition coefficient (Wildman–Crippen LogP) is 3.02. The number of anilines is 1. The summed E-state index contributed by atoms with van der Waals surface area (Å²) < 4.78 is 36.0. The number of aryl methyl sites for hydroxylation is 1. The molecule has 10 nitrogen and oxygen atoms in total. The Labute approximate surface area is 189 Å². The number of amides is 1. The number of nitrogens with zero attached hydrogens (tertiary/aromatic N) is 4. The van der Waals surface area contributed by atoms with Gasteiger partial charge in [0.2, 0.25) is 0 Å². The van der Waals surface area contributed by atoms with Gasteiger partial charge in [-0.25, -0.2) is 18.1 Å². The molecule has 11 heteroatoms. The van der Waals surface area contributed by atoms with Gasteiger partial charge in [0.25, 0.3) is 5.91 Å². The van der Waals surface area contributed by atoms with Crippen molar-refractivity contribution in [3.63, 3.8) is 0 Å². The Hall–Kier alpha value is -3.73. The summed E-state index contributed by atoms with van der Waals surface area (Å²) in [6, 6.07) is 10.2. The molecular formula is C22H21N5O5S. The monoisotopic (exact) mass is 467 g/mol. The first-order valence-corrected chi connectivity index (χ1v) is 12.1. The molecule has 1 unspecified atom stereocenters. The molecule has 0 radical (unpaired) electrons. The van der Waals surface area contributed by atoms with Crippen LogP contribution in [0.15, 0.2) is 47.2 Å². The molecule has 1 aliphatic heterocycles. The fraction of sp³-hybridized carbons (Fsp3) is 0.273. The first kappa shape index (κ1) is 21.1. The number of carbonyl (C=O) groups excluding carboxylic acids is 1. The van der Waals surface area contributed by atoms with E-state index < -0.39 is 15.7 Å². The van der Waals surface area contributed by atoms with Crippen molar-refractivity contribution < 1.29 is 22.5 Å². The minimum absolute atomic E-state index is 0.00520. The number of fused-ring (bicyclic) bond motifs is 1. The Morgan fingerprint density at radius 3 is 2.82 bits per heavy atom. The van der Waals surface area contributed by atoms with E-state index in [1.165, 1.54) is 6.26 Å². The van der Waals surface area contributed by atoms with Gasteiger partial charge in [-0.05, 0) is 31.5 Å². The fourth-order valence-corrected chi connectivity index (χ4v) is 5.80. The van der Waals surface area contributed by atoms with Crippen LogP contribution < -0.4 is 10.1 Å². The summed E-state index contributed by atoms with van der Waals surface area (Å²) >= 11 is 0. The van der Waals surface area contributed by atoms with Gasteiger partial charge in [0.15, 0.2) is 21.3 Å². The zero-order valence-corrected chi connectivity index (χ0v) is 18.8. The maximum atomic E-state index is 13.2. The molecule has 1 fully saturated rings. The standard InChI is InChI=1S/C22H21N5O5S/c1-13-20-17(22(28)24-19-6-8-32-26-19)11-18(14-4-3-5-16(10-14)31-2)23-21(20)27(25-13)15-7-9-33(29,30)12-15/h3-6,8,10-11,15H,7,9,12H2,1-2H3,(H,24,26,28). The number of hydrogen-bond donors (Lipinski definition) is 1. The average molecular weight is 468 g/mol. The van der Waals surface area contributed by atoms with E-state index in [0.717, 1.165) is 5.56 Å². The normalized spacial score (nSPS) is 17.3. The molecule has 5 rings (SSSR count). The lowest BCUT2D eigenvalue weighted by Crippen LogP contribution is -2.15. The highest BCUT2D eigenvalue weighted by molar-refractivity contribution is 7.91. The van der Waals surface area contributed by atoms with Gasteiger partial charge in [0.05, 0.1) is 47.0 Å². The second-order valence-corrected chi connectivity index (χ2v) is 10.1. The lowest BCUT2D eigenvalue weighted by Gasteiger charge is -2.12. The fourth-order valence-electron chi connectivity index (χ4n) is 4.11. The maximum absolute atomic E-state index is 13.2. The summed E-state index contributed by atoms with van der Waals surface area (Å²) in [5, 5.41) is 11.6. The molecule has 1 N–H and O–H groups in total. The van der Waals surface area contributed by atoms with E-state index in [-0.39, 0.29) is 23.4 Å². The number of pyridine rings is 1. The van der Waals surface area contributed by atoms with Crippen LogP contribution in [0.3, 0.4) is 0 Å². The molecule has 1 aromatic carbocycles. The lowest BCUT2D eigenvalue weighted by molar-refractivity contribution is 0.102. The molecule has 33 heavy (non-hydrogen) atoms. The molecule has 0 aliphatic carbocycles. The smallest absolute Gasteiger partial charge is 0.257 e. The third kappa shape index (κ3) is 3.95. The summed E-state index contributed by atoms with van der Waals surface area (Å²) in [4.78, 5) is 18.1. The summed E-state index contributed by atoms with van der Waals surface area (Å²) in [5.74, 6) is 0.624. The zero-order valence-electron chi connectivity index (χ0n) is 18.0. The topological polar surface area (TPSA) is 129 Å². The third-order valence-electron chi connectivity index (χ3n) is 5.68. The molecule has 0 spiro atoms. The number of rotatable bonds is 5. The molecule has 0 saturated carbocycles. The molecule has 1 saturated heterocycles. The van der Waals surface area contributed by atoms with Gasteiger partial charge in [-0.3, -0.25) is 4.79 Å². The van der Waals surface area contributed by atoms with Crippen LogP contribution in [-0.2, 0) is 9.84 Å². The molecule has 170 valence electrons. The van der Waals surface area contributed by atoms with Gasteiger partial charge in [0, 0.05) is 11.6 Å². The molecule has 4 aromatic rings. The highest BCUT2D eigenvalue weighted by atomic mass is 32.2. The molecule has 4 heterocycles. The minimum Gasteiger partial charge on any atom is -0.497 e. The van der Waals surface area contributed by atoms with Gasteiger partial charge in [0.1, 0.15) is 12.0 Å². The van der Waals surface area contributed by atoms with Crippen molar-refractivity contribution in [2.24, 2.45) is 0 Å². The van der Waals surface area contributed by atoms with Crippen LogP contribution >= 0.6 is 0 Å². The van der Waals surface area contributed by atoms with E-state index >= 15 is 0 Å². The maximum Gasteiger partial charge on any atom is 0.257 e. The van der Waals surface area contributed by atoms with Crippen LogP contribution in [0, 0.1) is 6.92 Å².